The van der Waals surface area contributed by atoms with Gasteiger partial charge in [0.25, 0.3) is 0 Å². The zero-order valence-corrected chi connectivity index (χ0v) is 25.5. The Kier molecular flexibility index (Phi) is 9.46. The molecule has 4 aliphatic carbocycles. The molecule has 5 nitrogen and oxygen atoms in total. The fraction of sp³-hybridized carbons (Fsp3) is 0.882. The van der Waals surface area contributed by atoms with Crippen molar-refractivity contribution in [1.29, 1.82) is 0 Å². The van der Waals surface area contributed by atoms with Crippen molar-refractivity contribution in [2.45, 2.75) is 137 Å². The summed E-state index contributed by atoms with van der Waals surface area (Å²) in [5.41, 5.74) is 2.23. The molecule has 0 spiro atoms. The van der Waals surface area contributed by atoms with E-state index in [0.29, 0.717) is 5.41 Å². The SMILES string of the molecule is [2H]CC(CO)NC(=O)CCC(=O)O[C@H]1CC[C@@]2(C)C(=CCC3C2CC[C@@]2(C)C3CC[C@@H]2[C@H](C)CCCC(C)C)C1. The third-order valence-corrected chi connectivity index (χ3v) is 11.7. The molecule has 5 heteroatoms. The standard InChI is InChI=1S/C34H57NO4/c1-22(2)8-7-9-23(3)28-12-13-29-27-11-10-25-20-26(39-32(38)15-14-31(37)35-24(4)21-36)16-18-33(25,5)30(27)17-19-34(28,29)6/h10,22-24,26-30,36H,7-9,11-21H2,1-6H3,(H,35,37)/t23-,24?,26+,27?,28-,29?,30?,33+,34-/m1/s1/i4D. The van der Waals surface area contributed by atoms with Crippen LogP contribution >= 0.6 is 0 Å². The number of hydrogen-bond donors (Lipinski definition) is 2. The second-order valence-electron chi connectivity index (χ2n) is 14.6. The minimum atomic E-state index is -0.576. The van der Waals surface area contributed by atoms with Gasteiger partial charge < -0.3 is 15.2 Å². The lowest BCUT2D eigenvalue weighted by molar-refractivity contribution is -0.152. The van der Waals surface area contributed by atoms with Gasteiger partial charge in [0.1, 0.15) is 6.10 Å². The van der Waals surface area contributed by atoms with Crippen LogP contribution in [0.4, 0.5) is 0 Å². The molecule has 4 aliphatic rings. The van der Waals surface area contributed by atoms with Gasteiger partial charge in [-0.05, 0) is 98.2 Å². The van der Waals surface area contributed by atoms with Crippen molar-refractivity contribution < 1.29 is 20.8 Å². The molecule has 4 rings (SSSR count). The van der Waals surface area contributed by atoms with Gasteiger partial charge in [0.2, 0.25) is 5.91 Å². The Morgan fingerprint density at radius 1 is 1.10 bits per heavy atom. The highest BCUT2D eigenvalue weighted by atomic mass is 16.5. The van der Waals surface area contributed by atoms with Crippen LogP contribution in [0.1, 0.15) is 126 Å². The molecule has 0 aromatic heterocycles. The molecule has 9 atom stereocenters. The van der Waals surface area contributed by atoms with Crippen LogP contribution in [0.5, 0.6) is 0 Å². The number of esters is 1. The van der Waals surface area contributed by atoms with E-state index < -0.39 is 6.04 Å². The number of ether oxygens (including phenoxy) is 1. The van der Waals surface area contributed by atoms with Crippen molar-refractivity contribution in [3.05, 3.63) is 11.6 Å². The Bertz CT molecular complexity index is 916. The van der Waals surface area contributed by atoms with Gasteiger partial charge >= 0.3 is 5.97 Å². The summed E-state index contributed by atoms with van der Waals surface area (Å²) in [6.45, 7) is 12.0. The lowest BCUT2D eigenvalue weighted by Crippen LogP contribution is -2.51. The van der Waals surface area contributed by atoms with E-state index in [9.17, 15) is 9.59 Å². The molecule has 1 amide bonds. The van der Waals surface area contributed by atoms with Crippen LogP contribution in [0.2, 0.25) is 0 Å². The number of amides is 1. The van der Waals surface area contributed by atoms with E-state index >= 15 is 0 Å². The fourth-order valence-corrected chi connectivity index (χ4v) is 9.56. The Hall–Kier alpha value is -1.36. The minimum absolute atomic E-state index is 0.0315. The monoisotopic (exact) mass is 544 g/mol. The first-order valence-electron chi connectivity index (χ1n) is 16.8. The molecule has 39 heavy (non-hydrogen) atoms. The number of fused-ring (bicyclic) bond motifs is 5. The predicted octanol–water partition coefficient (Wildman–Crippen LogP) is 7.22. The number of allylic oxidation sites excluding steroid dienone is 1. The van der Waals surface area contributed by atoms with E-state index in [0.717, 1.165) is 54.8 Å². The van der Waals surface area contributed by atoms with Crippen LogP contribution in [0.25, 0.3) is 0 Å². The second kappa shape index (κ2) is 12.7. The highest BCUT2D eigenvalue weighted by Crippen LogP contribution is 2.67. The zero-order valence-electron chi connectivity index (χ0n) is 26.5. The number of hydrogen-bond acceptors (Lipinski definition) is 4. The maximum absolute atomic E-state index is 12.5. The number of rotatable bonds is 11. The first kappa shape index (κ1) is 29.1. The Morgan fingerprint density at radius 2 is 1.90 bits per heavy atom. The molecule has 0 saturated heterocycles. The van der Waals surface area contributed by atoms with Crippen LogP contribution < -0.4 is 5.32 Å². The number of aliphatic hydroxyl groups excluding tert-OH is 1. The average molecular weight is 545 g/mol. The van der Waals surface area contributed by atoms with E-state index in [1.54, 1.807) is 0 Å². The molecular formula is C34H57NO4. The van der Waals surface area contributed by atoms with Crippen molar-refractivity contribution in [1.82, 2.24) is 5.32 Å². The minimum Gasteiger partial charge on any atom is -0.462 e. The molecule has 0 heterocycles. The molecule has 2 N–H and O–H groups in total. The maximum atomic E-state index is 12.5. The molecule has 0 radical (unpaired) electrons. The largest absolute Gasteiger partial charge is 0.462 e. The van der Waals surface area contributed by atoms with Gasteiger partial charge in [-0.2, -0.15) is 0 Å². The van der Waals surface area contributed by atoms with Crippen LogP contribution in [-0.2, 0) is 14.3 Å². The van der Waals surface area contributed by atoms with Crippen LogP contribution in [0, 0.1) is 46.3 Å². The molecule has 0 aromatic carbocycles. The van der Waals surface area contributed by atoms with Gasteiger partial charge in [-0.25, -0.2) is 0 Å². The highest BCUT2D eigenvalue weighted by molar-refractivity contribution is 5.81. The fourth-order valence-electron chi connectivity index (χ4n) is 9.56. The third-order valence-electron chi connectivity index (χ3n) is 11.7. The van der Waals surface area contributed by atoms with Crippen molar-refractivity contribution in [3.63, 3.8) is 0 Å². The van der Waals surface area contributed by atoms with E-state index in [4.69, 9.17) is 11.2 Å². The maximum Gasteiger partial charge on any atom is 0.306 e. The molecule has 0 aromatic rings. The number of aliphatic hydroxyl groups is 1. The van der Waals surface area contributed by atoms with E-state index in [1.807, 2.05) is 0 Å². The average Bonchev–Trinajstić information content (AvgIpc) is 3.27. The van der Waals surface area contributed by atoms with Gasteiger partial charge in [-0.15, -0.1) is 0 Å². The molecule has 3 saturated carbocycles. The molecule has 4 unspecified atom stereocenters. The van der Waals surface area contributed by atoms with Crippen LogP contribution in [0.15, 0.2) is 11.6 Å². The Morgan fingerprint density at radius 3 is 2.62 bits per heavy atom. The van der Waals surface area contributed by atoms with Gasteiger partial charge in [0.15, 0.2) is 0 Å². The summed E-state index contributed by atoms with van der Waals surface area (Å²) < 4.78 is 13.2. The summed E-state index contributed by atoms with van der Waals surface area (Å²) in [4.78, 5) is 24.6. The third kappa shape index (κ3) is 6.60. The predicted molar refractivity (Wildman–Crippen MR) is 157 cm³/mol. The topological polar surface area (TPSA) is 75.6 Å². The smallest absolute Gasteiger partial charge is 0.306 e. The molecule has 0 aliphatic heterocycles. The number of carbonyl (C=O) groups is 2. The van der Waals surface area contributed by atoms with Crippen molar-refractivity contribution in [3.8, 4) is 0 Å². The van der Waals surface area contributed by atoms with Crippen molar-refractivity contribution in [2.75, 3.05) is 6.61 Å². The summed E-state index contributed by atoms with van der Waals surface area (Å²) in [5, 5.41) is 11.7. The number of carbonyl (C=O) groups excluding carboxylic acids is 2. The van der Waals surface area contributed by atoms with Crippen molar-refractivity contribution >= 4 is 11.9 Å². The van der Waals surface area contributed by atoms with Crippen LogP contribution in [0.3, 0.4) is 0 Å². The summed E-state index contributed by atoms with van der Waals surface area (Å²) in [6, 6.07) is -0.576. The van der Waals surface area contributed by atoms with Gasteiger partial charge in [0.05, 0.1) is 13.0 Å². The van der Waals surface area contributed by atoms with E-state index in [-0.39, 0.29) is 49.7 Å². The molecule has 0 bridgehead atoms. The number of nitrogens with one attached hydrogen (secondary N) is 1. The van der Waals surface area contributed by atoms with Gasteiger partial charge in [0, 0.05) is 20.3 Å². The van der Waals surface area contributed by atoms with E-state index in [2.05, 4.69) is 46.0 Å². The lowest BCUT2D eigenvalue weighted by Gasteiger charge is -2.58. The quantitative estimate of drug-likeness (QED) is 0.213. The zero-order chi connectivity index (χ0) is 29.1. The summed E-state index contributed by atoms with van der Waals surface area (Å²) in [5.74, 6) is 4.27. The molecule has 222 valence electrons. The van der Waals surface area contributed by atoms with Gasteiger partial charge in [-0.1, -0.05) is 65.5 Å². The first-order valence-corrected chi connectivity index (χ1v) is 16.1. The lowest BCUT2D eigenvalue weighted by atomic mass is 9.47. The van der Waals surface area contributed by atoms with Crippen LogP contribution in [-0.4, -0.2) is 35.7 Å². The normalized spacial score (nSPS) is 37.6. The molecular weight excluding hydrogens is 486 g/mol. The highest BCUT2D eigenvalue weighted by Gasteiger charge is 2.59. The van der Waals surface area contributed by atoms with Gasteiger partial charge in [-0.3, -0.25) is 9.59 Å². The Balaban J connectivity index is 1.32. The molecule has 3 fully saturated rings. The van der Waals surface area contributed by atoms with E-state index in [1.165, 1.54) is 56.9 Å². The first-order chi connectivity index (χ1) is 19.0. The summed E-state index contributed by atoms with van der Waals surface area (Å²) >= 11 is 0. The summed E-state index contributed by atoms with van der Waals surface area (Å²) in [6.07, 6.45) is 16.2. The van der Waals surface area contributed by atoms with Crippen molar-refractivity contribution in [2.24, 2.45) is 46.3 Å². The summed E-state index contributed by atoms with van der Waals surface area (Å²) in [7, 11) is 0. The second-order valence-corrected chi connectivity index (χ2v) is 14.6. The Labute approximate surface area is 239 Å².